The van der Waals surface area contributed by atoms with Gasteiger partial charge in [-0.25, -0.2) is 0 Å². The van der Waals surface area contributed by atoms with Crippen molar-refractivity contribution in [2.24, 2.45) is 5.41 Å². The fourth-order valence-electron chi connectivity index (χ4n) is 15.0. The predicted molar refractivity (Wildman–Crippen MR) is 427 cm³/mol. The molecule has 1 aliphatic carbocycles. The fourth-order valence-corrected chi connectivity index (χ4v) is 18.8. The van der Waals surface area contributed by atoms with Crippen molar-refractivity contribution in [3.63, 3.8) is 0 Å². The Labute approximate surface area is 657 Å². The van der Waals surface area contributed by atoms with Gasteiger partial charge in [0.25, 0.3) is 0 Å². The highest BCUT2D eigenvalue weighted by Gasteiger charge is 2.44. The normalized spacial score (nSPS) is 19.0. The van der Waals surface area contributed by atoms with E-state index in [4.69, 9.17) is 26.2 Å². The lowest BCUT2D eigenvalue weighted by atomic mass is 9.79. The second-order valence-corrected chi connectivity index (χ2v) is 37.1. The molecule has 24 heteroatoms. The molecule has 10 aromatic carbocycles. The van der Waals surface area contributed by atoms with Gasteiger partial charge >= 0.3 is 40.5 Å². The molecule has 0 saturated carbocycles. The van der Waals surface area contributed by atoms with Crippen molar-refractivity contribution in [3.8, 4) is 46.0 Å². The highest BCUT2D eigenvalue weighted by Crippen LogP contribution is 2.55. The van der Waals surface area contributed by atoms with Gasteiger partial charge in [-0.15, -0.1) is 0 Å². The molecule has 4 aliphatic rings. The van der Waals surface area contributed by atoms with E-state index in [1.165, 1.54) is 72.8 Å². The molecule has 4 unspecified atom stereocenters. The van der Waals surface area contributed by atoms with Crippen LogP contribution < -0.4 is 16.7 Å². The molecule has 3 heterocycles. The van der Waals surface area contributed by atoms with Gasteiger partial charge in [-0.1, -0.05) is 173 Å². The van der Waals surface area contributed by atoms with E-state index in [1.54, 1.807) is 104 Å². The van der Waals surface area contributed by atoms with Crippen LogP contribution in [0.5, 0.6) is 46.0 Å². The SMILES string of the molecule is Cc1ccc(S(=O)(=O)Oc2cc(OS(=O)(=O)c3ccc(C)cc3)c3cc2C(C)c2cc4c(O)c(c2O)CN([C@H](C)c2ccccc2)CCC2(CCN([C@H](C)c5ccccc5)Cc5c(O)c(cc(c5O)C(C)c5cc(c(OS(=O)(=O)c6ccc(C)cc6)cc5OS(=O)(=O)c5ccc(C)cc5)C4C)C3C)OCC(C)(C)CO2)cc1. The molecular formula is C88H94N2O18S4. The van der Waals surface area contributed by atoms with E-state index < -0.39 is 133 Å². The van der Waals surface area contributed by atoms with E-state index in [0.29, 0.717) is 0 Å². The van der Waals surface area contributed by atoms with Crippen molar-refractivity contribution < 1.29 is 80.3 Å². The van der Waals surface area contributed by atoms with Crippen molar-refractivity contribution in [1.29, 1.82) is 0 Å². The molecule has 1 spiro atoms. The van der Waals surface area contributed by atoms with Crippen molar-refractivity contribution in [2.75, 3.05) is 26.3 Å². The number of fused-ring (bicyclic) bond motifs is 6. The smallest absolute Gasteiger partial charge is 0.339 e. The van der Waals surface area contributed by atoms with Gasteiger partial charge in [0.2, 0.25) is 0 Å². The van der Waals surface area contributed by atoms with E-state index in [-0.39, 0.29) is 127 Å². The zero-order chi connectivity index (χ0) is 80.3. The number of benzene rings is 10. The average molecular weight is 1600 g/mol. The van der Waals surface area contributed by atoms with Crippen LogP contribution in [0.1, 0.15) is 193 Å². The van der Waals surface area contributed by atoms with Crippen LogP contribution in [0.2, 0.25) is 0 Å². The third kappa shape index (κ3) is 16.5. The molecule has 6 atom stereocenters. The number of nitrogens with zero attached hydrogens (tertiary/aromatic N) is 2. The molecule has 20 nitrogen and oxygen atoms in total. The number of hydrogen-bond acceptors (Lipinski definition) is 20. The first kappa shape index (κ1) is 80.3. The summed E-state index contributed by atoms with van der Waals surface area (Å²) in [4.78, 5) is 3.04. The van der Waals surface area contributed by atoms with Crippen LogP contribution in [-0.4, -0.2) is 96.0 Å². The Kier molecular flexibility index (Phi) is 22.4. The van der Waals surface area contributed by atoms with E-state index in [2.05, 4.69) is 9.80 Å². The molecule has 1 fully saturated rings. The summed E-state index contributed by atoms with van der Waals surface area (Å²) in [5.41, 5.74) is 4.29. The molecule has 10 bridgehead atoms. The monoisotopic (exact) mass is 1590 g/mol. The summed E-state index contributed by atoms with van der Waals surface area (Å²) in [5, 5.41) is 55.0. The number of hydrogen-bond donors (Lipinski definition) is 4. The van der Waals surface area contributed by atoms with Crippen LogP contribution in [-0.2, 0) is 63.0 Å². The molecule has 588 valence electrons. The van der Waals surface area contributed by atoms with Crippen LogP contribution in [0.4, 0.5) is 0 Å². The predicted octanol–water partition coefficient (Wildman–Crippen LogP) is 17.4. The zero-order valence-electron chi connectivity index (χ0n) is 64.6. The Balaban J connectivity index is 1.19. The fraction of sp³-hybridized carbons (Fsp3) is 0.318. The van der Waals surface area contributed by atoms with Crippen LogP contribution in [0.15, 0.2) is 214 Å². The molecule has 0 aromatic heterocycles. The van der Waals surface area contributed by atoms with Crippen LogP contribution in [0.3, 0.4) is 0 Å². The Morgan fingerprint density at radius 3 is 0.857 bits per heavy atom. The van der Waals surface area contributed by atoms with Crippen molar-refractivity contribution in [1.82, 2.24) is 9.80 Å². The van der Waals surface area contributed by atoms with E-state index in [9.17, 15) is 20.4 Å². The Bertz CT molecular complexity index is 5060. The minimum atomic E-state index is -4.88. The maximum Gasteiger partial charge on any atom is 0.339 e. The Morgan fingerprint density at radius 2 is 0.607 bits per heavy atom. The maximum absolute atomic E-state index is 15.1. The van der Waals surface area contributed by atoms with Crippen LogP contribution >= 0.6 is 0 Å². The van der Waals surface area contributed by atoms with Crippen LogP contribution in [0, 0.1) is 33.1 Å². The summed E-state index contributed by atoms with van der Waals surface area (Å²) in [6, 6.07) is 50.1. The van der Waals surface area contributed by atoms with Gasteiger partial charge in [0.15, 0.2) is 28.8 Å². The van der Waals surface area contributed by atoms with Gasteiger partial charge in [-0.05, 0) is 125 Å². The second-order valence-electron chi connectivity index (χ2n) is 30.9. The lowest BCUT2D eigenvalue weighted by Crippen LogP contribution is -2.50. The van der Waals surface area contributed by atoms with Gasteiger partial charge in [0.05, 0.1) is 24.3 Å². The number of aryl methyl sites for hydroxylation is 4. The van der Waals surface area contributed by atoms with Crippen LogP contribution in [0.25, 0.3) is 0 Å². The summed E-state index contributed by atoms with van der Waals surface area (Å²) in [6.45, 7) is 22.3. The molecule has 3 aliphatic heterocycles. The number of aromatic hydroxyl groups is 4. The molecule has 14 rings (SSSR count). The van der Waals surface area contributed by atoms with Gasteiger partial charge in [0, 0.05) is 137 Å². The highest BCUT2D eigenvalue weighted by molar-refractivity contribution is 7.88. The number of ether oxygens (including phenoxy) is 2. The zero-order valence-corrected chi connectivity index (χ0v) is 67.9. The molecule has 1 saturated heterocycles. The largest absolute Gasteiger partial charge is 0.507 e. The summed E-state index contributed by atoms with van der Waals surface area (Å²) in [5.74, 6) is -10.1. The van der Waals surface area contributed by atoms with Gasteiger partial charge < -0.3 is 46.6 Å². The second kappa shape index (κ2) is 31.3. The van der Waals surface area contributed by atoms with Crippen molar-refractivity contribution >= 4 is 40.5 Å². The quantitative estimate of drug-likeness (QED) is 0.0654. The van der Waals surface area contributed by atoms with Gasteiger partial charge in [-0.3, -0.25) is 9.80 Å². The third-order valence-electron chi connectivity index (χ3n) is 22.3. The first-order chi connectivity index (χ1) is 52.9. The lowest BCUT2D eigenvalue weighted by molar-refractivity contribution is -0.306. The van der Waals surface area contributed by atoms with E-state index in [0.717, 1.165) is 45.5 Å². The standard InChI is InChI=1S/C88H94N2O18S4/c1-53-23-31-65(32-24-53)109(95,96)105-79-47-80(106-110(97,98)66-33-25-54(2)26-34-66)70-43-69(79)57(5)73-45-74-59(7)71-44-72(82(108-112(101,102)68-37-29-56(4)30-38-68)48-81(71)107-111(99,100)67-35-27-55(3)28-36-67)60(8)76-46-75(58(70)6)85(93)78(86(76)94)50-90(62(10)64-21-17-14-18-22-64)42-40-88(103-51-87(11,12)52-104-88)39-41-89(49-77(83(73)91)84(74)92)61(9)63-19-15-13-16-20-63/h13-38,43-48,57-62,91-94H,39-42,49-52H2,1-12H3/t57?,58?,59?,60?,61-,62-/m1/s1. The molecule has 0 amide bonds. The summed E-state index contributed by atoms with van der Waals surface area (Å²) < 4.78 is 160. The molecular weight excluding hydrogens is 1500 g/mol. The lowest BCUT2D eigenvalue weighted by Gasteiger charge is -2.46. The average Bonchev–Trinajstić information content (AvgIpc) is 0.739. The third-order valence-corrected chi connectivity index (χ3v) is 27.3. The minimum absolute atomic E-state index is 0.0114. The summed E-state index contributed by atoms with van der Waals surface area (Å²) in [7, 11) is -19.5. The molecule has 4 N–H and O–H groups in total. The maximum atomic E-state index is 15.1. The Hall–Kier alpha value is -9.76. The highest BCUT2D eigenvalue weighted by atomic mass is 32.2. The minimum Gasteiger partial charge on any atom is -0.507 e. The van der Waals surface area contributed by atoms with E-state index in [1.807, 2.05) is 88.4 Å². The van der Waals surface area contributed by atoms with Crippen molar-refractivity contribution in [3.05, 3.63) is 283 Å². The molecule has 112 heavy (non-hydrogen) atoms. The molecule has 0 radical (unpaired) electrons. The number of phenolic OH excluding ortho intramolecular Hbond substituents is 4. The number of phenols is 4. The first-order valence-electron chi connectivity index (χ1n) is 37.3. The topological polar surface area (TPSA) is 279 Å². The molecule has 10 aromatic rings. The van der Waals surface area contributed by atoms with Gasteiger partial charge in [0.1, 0.15) is 42.6 Å². The first-order valence-corrected chi connectivity index (χ1v) is 43.0. The summed E-state index contributed by atoms with van der Waals surface area (Å²) in [6.07, 6.45) is 0.416. The van der Waals surface area contributed by atoms with Gasteiger partial charge in [-0.2, -0.15) is 33.7 Å². The summed E-state index contributed by atoms with van der Waals surface area (Å²) >= 11 is 0. The van der Waals surface area contributed by atoms with Crippen molar-refractivity contribution in [2.45, 2.75) is 170 Å². The Morgan fingerprint density at radius 1 is 0.366 bits per heavy atom. The number of rotatable bonds is 16. The van der Waals surface area contributed by atoms with E-state index >= 15 is 33.7 Å².